The first-order valence-corrected chi connectivity index (χ1v) is 9.45. The number of carbonyl (C=O) groups excluding carboxylic acids is 2. The third-order valence-corrected chi connectivity index (χ3v) is 4.74. The second-order valence-corrected chi connectivity index (χ2v) is 7.18. The number of ketones is 1. The number of nitrogens with zero attached hydrogens (tertiary/aromatic N) is 4. The largest absolute Gasteiger partial charge is 0.342 e. The predicted molar refractivity (Wildman–Crippen MR) is 109 cm³/mol. The lowest BCUT2D eigenvalue weighted by Gasteiger charge is -2.12. The van der Waals surface area contributed by atoms with Crippen LogP contribution < -0.4 is 0 Å². The molecule has 0 fully saturated rings. The average Bonchev–Trinajstić information content (AvgIpc) is 3.11. The van der Waals surface area contributed by atoms with E-state index in [9.17, 15) is 9.59 Å². The Kier molecular flexibility index (Phi) is 6.03. The summed E-state index contributed by atoms with van der Waals surface area (Å²) < 4.78 is 1.38. The van der Waals surface area contributed by atoms with Gasteiger partial charge in [-0.1, -0.05) is 35.3 Å². The Labute approximate surface area is 176 Å². The highest BCUT2D eigenvalue weighted by Crippen LogP contribution is 2.26. The third-order valence-electron chi connectivity index (χ3n) is 3.94. The zero-order valence-corrected chi connectivity index (χ0v) is 17.3. The van der Waals surface area contributed by atoms with Crippen molar-refractivity contribution in [1.29, 1.82) is 0 Å². The molecule has 3 aromatic rings. The molecule has 0 saturated heterocycles. The number of hydrogen-bond donors (Lipinski definition) is 0. The van der Waals surface area contributed by atoms with Crippen molar-refractivity contribution in [2.45, 2.75) is 5.88 Å². The minimum atomic E-state index is -0.377. The quantitative estimate of drug-likeness (QED) is 0.442. The lowest BCUT2D eigenvalue weighted by molar-refractivity contribution is 0.0815. The SMILES string of the molecule is CN(C)C(=O)c1nc(CCl)n(-c2ccc(Cl)cc2C(=O)c2ccccc2Cl)n1. The number of benzene rings is 2. The topological polar surface area (TPSA) is 68.1 Å². The van der Waals surface area contributed by atoms with E-state index in [4.69, 9.17) is 34.8 Å². The van der Waals surface area contributed by atoms with Gasteiger partial charge in [0.05, 0.1) is 16.6 Å². The Morgan fingerprint density at radius 2 is 1.79 bits per heavy atom. The minimum absolute atomic E-state index is 0.00391. The summed E-state index contributed by atoms with van der Waals surface area (Å²) in [6.07, 6.45) is 0. The molecule has 0 spiro atoms. The van der Waals surface area contributed by atoms with Crippen molar-refractivity contribution in [1.82, 2.24) is 19.7 Å². The van der Waals surface area contributed by atoms with Crippen molar-refractivity contribution < 1.29 is 9.59 Å². The molecule has 0 saturated carbocycles. The molecule has 1 heterocycles. The maximum atomic E-state index is 13.1. The fourth-order valence-electron chi connectivity index (χ4n) is 2.58. The van der Waals surface area contributed by atoms with Crippen molar-refractivity contribution in [2.75, 3.05) is 14.1 Å². The number of aromatic nitrogens is 3. The van der Waals surface area contributed by atoms with E-state index in [0.717, 1.165) is 0 Å². The number of carbonyl (C=O) groups is 2. The maximum Gasteiger partial charge on any atom is 0.293 e. The van der Waals surface area contributed by atoms with Gasteiger partial charge in [0.15, 0.2) is 5.78 Å². The molecule has 6 nitrogen and oxygen atoms in total. The van der Waals surface area contributed by atoms with Crippen LogP contribution in [-0.2, 0) is 5.88 Å². The number of halogens is 3. The fraction of sp³-hybridized carbons (Fsp3) is 0.158. The van der Waals surface area contributed by atoms with Crippen molar-refractivity contribution in [3.63, 3.8) is 0 Å². The fourth-order valence-corrected chi connectivity index (χ4v) is 3.15. The van der Waals surface area contributed by atoms with Crippen LogP contribution in [0.2, 0.25) is 10.0 Å². The van der Waals surface area contributed by atoms with Crippen LogP contribution in [-0.4, -0.2) is 45.5 Å². The number of hydrogen-bond acceptors (Lipinski definition) is 4. The van der Waals surface area contributed by atoms with Crippen LogP contribution >= 0.6 is 34.8 Å². The van der Waals surface area contributed by atoms with Gasteiger partial charge in [-0.3, -0.25) is 9.59 Å². The average molecular weight is 438 g/mol. The van der Waals surface area contributed by atoms with Crippen LogP contribution in [0.5, 0.6) is 0 Å². The van der Waals surface area contributed by atoms with Gasteiger partial charge in [-0.25, -0.2) is 9.67 Å². The minimum Gasteiger partial charge on any atom is -0.342 e. The zero-order valence-electron chi connectivity index (χ0n) is 15.0. The molecule has 0 atom stereocenters. The molecule has 2 aromatic carbocycles. The monoisotopic (exact) mass is 436 g/mol. The van der Waals surface area contributed by atoms with Gasteiger partial charge in [-0.15, -0.1) is 16.7 Å². The molecule has 3 rings (SSSR count). The summed E-state index contributed by atoms with van der Waals surface area (Å²) in [5, 5.41) is 4.95. The molecule has 28 heavy (non-hydrogen) atoms. The molecule has 0 aliphatic rings. The van der Waals surface area contributed by atoms with E-state index in [1.807, 2.05) is 0 Å². The predicted octanol–water partition coefficient (Wildman–Crippen LogP) is 4.25. The molecule has 1 aromatic heterocycles. The molecule has 0 bridgehead atoms. The Balaban J connectivity index is 2.18. The number of amides is 1. The summed E-state index contributed by atoms with van der Waals surface area (Å²) in [5.74, 6) is -0.414. The first-order chi connectivity index (χ1) is 13.3. The number of rotatable bonds is 5. The van der Waals surface area contributed by atoms with E-state index in [1.54, 1.807) is 50.5 Å². The first-order valence-electron chi connectivity index (χ1n) is 8.16. The van der Waals surface area contributed by atoms with Gasteiger partial charge in [0.2, 0.25) is 5.82 Å². The summed E-state index contributed by atoms with van der Waals surface area (Å²) in [5.41, 5.74) is 0.987. The molecule has 0 radical (unpaired) electrons. The Morgan fingerprint density at radius 1 is 1.07 bits per heavy atom. The van der Waals surface area contributed by atoms with E-state index < -0.39 is 0 Å². The highest BCUT2D eigenvalue weighted by molar-refractivity contribution is 6.35. The molecule has 144 valence electrons. The normalized spacial score (nSPS) is 10.8. The van der Waals surface area contributed by atoms with Gasteiger partial charge in [0.25, 0.3) is 5.91 Å². The van der Waals surface area contributed by atoms with Crippen molar-refractivity contribution in [2.24, 2.45) is 0 Å². The van der Waals surface area contributed by atoms with Gasteiger partial charge < -0.3 is 4.90 Å². The highest BCUT2D eigenvalue weighted by atomic mass is 35.5. The molecule has 0 aliphatic heterocycles. The second-order valence-electron chi connectivity index (χ2n) is 6.07. The van der Waals surface area contributed by atoms with Crippen LogP contribution in [0.25, 0.3) is 5.69 Å². The molecular formula is C19H15Cl3N4O2. The Morgan fingerprint density at radius 3 is 2.43 bits per heavy atom. The van der Waals surface area contributed by atoms with Gasteiger partial charge >= 0.3 is 0 Å². The molecule has 0 unspecified atom stereocenters. The summed E-state index contributed by atoms with van der Waals surface area (Å²) >= 11 is 18.3. The molecule has 1 amide bonds. The van der Waals surface area contributed by atoms with Crippen molar-refractivity contribution in [3.05, 3.63) is 75.3 Å². The van der Waals surface area contributed by atoms with E-state index in [-0.39, 0.29) is 29.0 Å². The Hall–Kier alpha value is -2.41. The molecule has 9 heteroatoms. The van der Waals surface area contributed by atoms with Crippen LogP contribution in [0.4, 0.5) is 0 Å². The van der Waals surface area contributed by atoms with Crippen LogP contribution in [0.3, 0.4) is 0 Å². The Bertz CT molecular complexity index is 1060. The molecule has 0 N–H and O–H groups in total. The van der Waals surface area contributed by atoms with E-state index >= 15 is 0 Å². The van der Waals surface area contributed by atoms with Crippen molar-refractivity contribution >= 4 is 46.5 Å². The smallest absolute Gasteiger partial charge is 0.293 e. The van der Waals surface area contributed by atoms with Crippen LogP contribution in [0.1, 0.15) is 32.4 Å². The third kappa shape index (κ3) is 3.90. The second kappa shape index (κ2) is 8.31. The lowest BCUT2D eigenvalue weighted by atomic mass is 10.0. The molecular weight excluding hydrogens is 423 g/mol. The van der Waals surface area contributed by atoms with E-state index in [2.05, 4.69) is 10.1 Å². The van der Waals surface area contributed by atoms with Crippen LogP contribution in [0.15, 0.2) is 42.5 Å². The van der Waals surface area contributed by atoms with Gasteiger partial charge in [-0.05, 0) is 30.3 Å². The van der Waals surface area contributed by atoms with E-state index in [0.29, 0.717) is 27.1 Å². The maximum absolute atomic E-state index is 13.1. The van der Waals surface area contributed by atoms with Gasteiger partial charge in [0.1, 0.15) is 5.82 Å². The van der Waals surface area contributed by atoms with Gasteiger partial charge in [0, 0.05) is 30.2 Å². The standard InChI is InChI=1S/C19H15Cl3N4O2/c1-25(2)19(28)18-23-16(10-20)26(24-18)15-8-7-11(21)9-13(15)17(27)12-5-3-4-6-14(12)22/h3-9H,10H2,1-2H3. The summed E-state index contributed by atoms with van der Waals surface area (Å²) in [4.78, 5) is 30.9. The lowest BCUT2D eigenvalue weighted by Crippen LogP contribution is -2.23. The first kappa shape index (κ1) is 20.3. The molecule has 0 aliphatic carbocycles. The van der Waals surface area contributed by atoms with Crippen LogP contribution in [0, 0.1) is 0 Å². The summed E-state index contributed by atoms with van der Waals surface area (Å²) in [7, 11) is 3.19. The highest BCUT2D eigenvalue weighted by Gasteiger charge is 2.23. The van der Waals surface area contributed by atoms with Crippen molar-refractivity contribution in [3.8, 4) is 5.69 Å². The zero-order chi connectivity index (χ0) is 20.4. The number of alkyl halides is 1. The van der Waals surface area contributed by atoms with Gasteiger partial charge in [-0.2, -0.15) is 0 Å². The summed E-state index contributed by atoms with van der Waals surface area (Å²) in [6, 6.07) is 11.5. The summed E-state index contributed by atoms with van der Waals surface area (Å²) in [6.45, 7) is 0. The van der Waals surface area contributed by atoms with E-state index in [1.165, 1.54) is 15.6 Å².